The van der Waals surface area contributed by atoms with Crippen LogP contribution >= 0.6 is 0 Å². The van der Waals surface area contributed by atoms with Crippen molar-refractivity contribution in [2.24, 2.45) is 0 Å². The molecule has 0 bridgehead atoms. The van der Waals surface area contributed by atoms with Crippen LogP contribution in [0.1, 0.15) is 47.3 Å². The second-order valence-electron chi connectivity index (χ2n) is 7.64. The van der Waals surface area contributed by atoms with Gasteiger partial charge in [-0.15, -0.1) is 0 Å². The maximum Gasteiger partial charge on any atom is 0.255 e. The molecule has 1 aliphatic carbocycles. The second-order valence-corrected chi connectivity index (χ2v) is 7.64. The van der Waals surface area contributed by atoms with Crippen LogP contribution in [0.25, 0.3) is 5.65 Å². The summed E-state index contributed by atoms with van der Waals surface area (Å²) in [6, 6.07) is 11.5. The molecule has 2 amide bonds. The van der Waals surface area contributed by atoms with Crippen molar-refractivity contribution in [1.29, 1.82) is 0 Å². The number of carbonyl (C=O) groups excluding carboxylic acids is 2. The molecule has 1 saturated carbocycles. The molecule has 0 spiro atoms. The van der Waals surface area contributed by atoms with Gasteiger partial charge >= 0.3 is 0 Å². The molecule has 3 aromatic rings. The number of hydrogen-bond acceptors (Lipinski definition) is 4. The number of hydrogen-bond donors (Lipinski definition) is 2. The number of rotatable bonds is 9. The van der Waals surface area contributed by atoms with Gasteiger partial charge in [0.25, 0.3) is 5.91 Å². The van der Waals surface area contributed by atoms with Crippen LogP contribution in [0.3, 0.4) is 0 Å². The molecule has 1 fully saturated rings. The highest BCUT2D eigenvalue weighted by Gasteiger charge is 2.22. The quantitative estimate of drug-likeness (QED) is 0.535. The number of imidazole rings is 1. The zero-order valence-corrected chi connectivity index (χ0v) is 17.1. The van der Waals surface area contributed by atoms with Crippen molar-refractivity contribution in [1.82, 2.24) is 20.0 Å². The highest BCUT2D eigenvalue weighted by atomic mass is 16.5. The molecule has 30 heavy (non-hydrogen) atoms. The Morgan fingerprint density at radius 1 is 1.20 bits per heavy atom. The standard InChI is InChI=1S/C23H26N4O3/c1-16-6-5-13-27-14-18(26-22(16)27)15-30-20-8-3-2-7-19(20)23(29)24-12-4-9-21(28)25-17-10-11-17/h2-3,5-8,13-14,17H,4,9-12,15H2,1H3,(H,24,29)(H,25,28). The molecule has 4 rings (SSSR count). The third-order valence-corrected chi connectivity index (χ3v) is 5.04. The number of para-hydroxylation sites is 1. The van der Waals surface area contributed by atoms with E-state index in [1.807, 2.05) is 41.9 Å². The normalized spacial score (nSPS) is 13.2. The number of pyridine rings is 1. The molecule has 0 saturated heterocycles. The fourth-order valence-electron chi connectivity index (χ4n) is 3.28. The molecular weight excluding hydrogens is 380 g/mol. The Morgan fingerprint density at radius 3 is 2.83 bits per heavy atom. The zero-order valence-electron chi connectivity index (χ0n) is 17.1. The fourth-order valence-corrected chi connectivity index (χ4v) is 3.28. The van der Waals surface area contributed by atoms with E-state index in [4.69, 9.17) is 4.74 Å². The van der Waals surface area contributed by atoms with Crippen LogP contribution in [0.2, 0.25) is 0 Å². The first-order chi connectivity index (χ1) is 14.6. The summed E-state index contributed by atoms with van der Waals surface area (Å²) in [5.74, 6) is 0.354. The molecule has 0 unspecified atom stereocenters. The first-order valence-electron chi connectivity index (χ1n) is 10.3. The molecule has 2 heterocycles. The summed E-state index contributed by atoms with van der Waals surface area (Å²) in [4.78, 5) is 28.9. The third kappa shape index (κ3) is 4.97. The van der Waals surface area contributed by atoms with Crippen LogP contribution < -0.4 is 15.4 Å². The lowest BCUT2D eigenvalue weighted by molar-refractivity contribution is -0.121. The predicted molar refractivity (Wildman–Crippen MR) is 113 cm³/mol. The maximum absolute atomic E-state index is 12.6. The van der Waals surface area contributed by atoms with E-state index in [-0.39, 0.29) is 18.4 Å². The van der Waals surface area contributed by atoms with Crippen LogP contribution in [-0.4, -0.2) is 33.8 Å². The first-order valence-corrected chi connectivity index (χ1v) is 10.3. The van der Waals surface area contributed by atoms with E-state index >= 15 is 0 Å². The van der Waals surface area contributed by atoms with Gasteiger partial charge in [0.1, 0.15) is 18.0 Å². The summed E-state index contributed by atoms with van der Waals surface area (Å²) in [7, 11) is 0. The van der Waals surface area contributed by atoms with Gasteiger partial charge in [-0.25, -0.2) is 4.98 Å². The van der Waals surface area contributed by atoms with Gasteiger partial charge in [-0.05, 0) is 49.9 Å². The highest BCUT2D eigenvalue weighted by Crippen LogP contribution is 2.20. The Labute approximate surface area is 175 Å². The van der Waals surface area contributed by atoms with Crippen LogP contribution in [0.15, 0.2) is 48.8 Å². The van der Waals surface area contributed by atoms with Crippen molar-refractivity contribution in [2.45, 2.75) is 45.3 Å². The number of fused-ring (bicyclic) bond motifs is 1. The number of aromatic nitrogens is 2. The molecule has 0 atom stereocenters. The van der Waals surface area contributed by atoms with Gasteiger partial charge in [0.05, 0.1) is 11.3 Å². The van der Waals surface area contributed by atoms with Gasteiger partial charge in [0.15, 0.2) is 0 Å². The average molecular weight is 406 g/mol. The number of amides is 2. The van der Waals surface area contributed by atoms with Crippen molar-refractivity contribution in [2.75, 3.05) is 6.54 Å². The summed E-state index contributed by atoms with van der Waals surface area (Å²) in [6.45, 7) is 2.73. The Balaban J connectivity index is 1.31. The van der Waals surface area contributed by atoms with Crippen molar-refractivity contribution < 1.29 is 14.3 Å². The van der Waals surface area contributed by atoms with Gasteiger partial charge in [-0.1, -0.05) is 18.2 Å². The van der Waals surface area contributed by atoms with Crippen LogP contribution in [0.5, 0.6) is 5.75 Å². The lowest BCUT2D eigenvalue weighted by Gasteiger charge is -2.11. The Bertz CT molecular complexity index is 1060. The van der Waals surface area contributed by atoms with Crippen LogP contribution in [0.4, 0.5) is 0 Å². The Kier molecular flexibility index (Phi) is 5.97. The van der Waals surface area contributed by atoms with Crippen LogP contribution in [0, 0.1) is 6.92 Å². The second kappa shape index (κ2) is 8.98. The van der Waals surface area contributed by atoms with Gasteiger partial charge in [-0.3, -0.25) is 9.59 Å². The third-order valence-electron chi connectivity index (χ3n) is 5.04. The molecule has 0 radical (unpaired) electrons. The number of nitrogens with one attached hydrogen (secondary N) is 2. The molecule has 1 aliphatic rings. The van der Waals surface area contributed by atoms with Crippen molar-refractivity contribution in [3.63, 3.8) is 0 Å². The van der Waals surface area contributed by atoms with Crippen molar-refractivity contribution in [3.05, 3.63) is 65.6 Å². The van der Waals surface area contributed by atoms with Crippen LogP contribution in [-0.2, 0) is 11.4 Å². The SMILES string of the molecule is Cc1cccn2cc(COc3ccccc3C(=O)NCCCC(=O)NC3CC3)nc12. The van der Waals surface area contributed by atoms with Gasteiger partial charge in [0.2, 0.25) is 5.91 Å². The number of nitrogens with zero attached hydrogens (tertiary/aromatic N) is 2. The minimum atomic E-state index is -0.209. The molecular formula is C23H26N4O3. The van der Waals surface area contributed by atoms with E-state index in [1.54, 1.807) is 18.2 Å². The maximum atomic E-state index is 12.6. The number of carbonyl (C=O) groups is 2. The summed E-state index contributed by atoms with van der Waals surface area (Å²) in [5.41, 5.74) is 3.25. The van der Waals surface area contributed by atoms with Gasteiger partial charge in [0, 0.05) is 31.4 Å². The zero-order chi connectivity index (χ0) is 20.9. The molecule has 156 valence electrons. The average Bonchev–Trinajstić information content (AvgIpc) is 3.45. The summed E-state index contributed by atoms with van der Waals surface area (Å²) in [6.07, 6.45) is 7.06. The first kappa shape index (κ1) is 19.9. The lowest BCUT2D eigenvalue weighted by Crippen LogP contribution is -2.28. The molecule has 2 aromatic heterocycles. The van der Waals surface area contributed by atoms with Crippen molar-refractivity contribution in [3.8, 4) is 5.75 Å². The smallest absolute Gasteiger partial charge is 0.255 e. The molecule has 7 heteroatoms. The molecule has 0 aliphatic heterocycles. The van der Waals surface area contributed by atoms with E-state index < -0.39 is 0 Å². The number of aryl methyl sites for hydroxylation is 1. The summed E-state index contributed by atoms with van der Waals surface area (Å²) >= 11 is 0. The number of benzene rings is 1. The minimum absolute atomic E-state index is 0.0539. The van der Waals surface area contributed by atoms with E-state index in [2.05, 4.69) is 15.6 Å². The van der Waals surface area contributed by atoms with Crippen molar-refractivity contribution >= 4 is 17.5 Å². The largest absolute Gasteiger partial charge is 0.486 e. The molecule has 2 N–H and O–H groups in total. The summed E-state index contributed by atoms with van der Waals surface area (Å²) in [5, 5.41) is 5.82. The predicted octanol–water partition coefficient (Wildman–Crippen LogP) is 3.01. The topological polar surface area (TPSA) is 84.7 Å². The minimum Gasteiger partial charge on any atom is -0.486 e. The molecule has 7 nitrogen and oxygen atoms in total. The van der Waals surface area contributed by atoms with E-state index in [1.165, 1.54) is 0 Å². The highest BCUT2D eigenvalue weighted by molar-refractivity contribution is 5.96. The monoisotopic (exact) mass is 406 g/mol. The van der Waals surface area contributed by atoms with E-state index in [0.717, 1.165) is 29.7 Å². The number of ether oxygens (including phenoxy) is 1. The van der Waals surface area contributed by atoms with E-state index in [9.17, 15) is 9.59 Å². The Hall–Kier alpha value is -3.35. The lowest BCUT2D eigenvalue weighted by atomic mass is 10.2. The fraction of sp³-hybridized carbons (Fsp3) is 0.348. The summed E-state index contributed by atoms with van der Waals surface area (Å²) < 4.78 is 7.87. The van der Waals surface area contributed by atoms with Gasteiger partial charge < -0.3 is 19.8 Å². The van der Waals surface area contributed by atoms with Gasteiger partial charge in [-0.2, -0.15) is 0 Å². The Morgan fingerprint density at radius 2 is 2.03 bits per heavy atom. The molecule has 1 aromatic carbocycles. The van der Waals surface area contributed by atoms with E-state index in [0.29, 0.717) is 36.7 Å².